The maximum Gasteiger partial charge on any atom is -0.172 e. The van der Waals surface area contributed by atoms with E-state index in [-0.39, 0.29) is 35.6 Å². The molecule has 0 unspecified atom stereocenters. The second-order valence-electron chi connectivity index (χ2n) is 15.9. The molecule has 8 rings (SSSR count). The molecule has 0 nitrogen and oxygen atoms in total. The normalized spacial score (nSPS) is 11.3. The van der Waals surface area contributed by atoms with Crippen LogP contribution in [0.4, 0.5) is 0 Å². The van der Waals surface area contributed by atoms with Crippen molar-refractivity contribution in [3.63, 3.8) is 0 Å². The molecule has 0 spiro atoms. The minimum Gasteiger partial charge on any atom is -0.214 e. The molecule has 0 aromatic heterocycles. The molecule has 0 saturated carbocycles. The van der Waals surface area contributed by atoms with E-state index < -0.39 is 0 Å². The number of halogens is 2. The molecule has 0 saturated heterocycles. The molecular formula is C52H50Cl2Zr-2. The predicted octanol–water partition coefficient (Wildman–Crippen LogP) is 7.40. The first-order valence-electron chi connectivity index (χ1n) is 18.7. The Kier molecular flexibility index (Phi) is 15.7. The Morgan fingerprint density at radius 2 is 1.05 bits per heavy atom. The van der Waals surface area contributed by atoms with Crippen LogP contribution in [0.1, 0.15) is 74.9 Å². The number of benzene rings is 6. The number of hydrogen-bond donors (Lipinski definition) is 0. The summed E-state index contributed by atoms with van der Waals surface area (Å²) in [5.74, 6) is 0. The van der Waals surface area contributed by atoms with Gasteiger partial charge < -0.3 is 24.8 Å². The van der Waals surface area contributed by atoms with Gasteiger partial charge in [-0.2, -0.15) is 18.2 Å². The van der Waals surface area contributed by atoms with Crippen molar-refractivity contribution in [3.8, 4) is 33.4 Å². The molecule has 278 valence electrons. The summed E-state index contributed by atoms with van der Waals surface area (Å²) < 4.78 is 1.51. The molecule has 7 aromatic carbocycles. The molecule has 55 heavy (non-hydrogen) atoms. The van der Waals surface area contributed by atoms with Gasteiger partial charge in [-0.1, -0.05) is 131 Å². The molecule has 3 heteroatoms. The Balaban J connectivity index is 0.000000253. The van der Waals surface area contributed by atoms with Gasteiger partial charge in [-0.15, -0.1) is 28.8 Å². The summed E-state index contributed by atoms with van der Waals surface area (Å²) in [5.41, 5.74) is 16.3. The van der Waals surface area contributed by atoms with Crippen LogP contribution in [0.2, 0.25) is 0 Å². The fraction of sp³-hybridized carbons (Fsp3) is 0.192. The van der Waals surface area contributed by atoms with Crippen LogP contribution in [0.15, 0.2) is 170 Å². The van der Waals surface area contributed by atoms with Crippen molar-refractivity contribution in [1.29, 1.82) is 0 Å². The van der Waals surface area contributed by atoms with Crippen molar-refractivity contribution >= 4 is 3.21 Å². The second kappa shape index (κ2) is 19.7. The summed E-state index contributed by atoms with van der Waals surface area (Å²) in [4.78, 5) is 0. The Morgan fingerprint density at radius 1 is 0.564 bits per heavy atom. The fourth-order valence-electron chi connectivity index (χ4n) is 6.96. The molecule has 7 aromatic rings. The molecule has 0 bridgehead atoms. The Bertz CT molecular complexity index is 2100. The quantitative estimate of drug-likeness (QED) is 0.159. The van der Waals surface area contributed by atoms with E-state index in [2.05, 4.69) is 187 Å². The first-order chi connectivity index (χ1) is 25.5. The molecular weight excluding hydrogens is 787 g/mol. The van der Waals surface area contributed by atoms with Crippen LogP contribution in [0.3, 0.4) is 0 Å². The topological polar surface area (TPSA) is 0 Å². The Labute approximate surface area is 357 Å². The van der Waals surface area contributed by atoms with E-state index in [4.69, 9.17) is 0 Å². The summed E-state index contributed by atoms with van der Waals surface area (Å²) in [5, 5.41) is 0. The standard InChI is InChI=1S/C33H33.C14H12.C5H5.2ClH.Zr/c1-32(2,3)30-20-26-24(18-28(30)22-13-9-7-10-14-22)17-25-19-29(23-15-11-8-12-16-23)31(21-27(25)26)33(4,5)6;1-3-7-13(8-4-1)11-12-14-9-5-2-6-10-14;1-2-4-5-3-1;;;/h7-16,18,20-21H,17H2,1-6H3;1-10H,11H2;1-5H;2*1H;/q-1;;-1;;;+2/p-2. The van der Waals surface area contributed by atoms with Gasteiger partial charge in [0.2, 0.25) is 0 Å². The summed E-state index contributed by atoms with van der Waals surface area (Å²) in [6.07, 6.45) is 2.02. The van der Waals surface area contributed by atoms with Crippen molar-refractivity contribution in [2.24, 2.45) is 0 Å². The second-order valence-corrected chi connectivity index (χ2v) is 17.4. The number of fused-ring (bicyclic) bond motifs is 3. The minimum atomic E-state index is 0. The van der Waals surface area contributed by atoms with Crippen LogP contribution in [-0.2, 0) is 47.9 Å². The summed E-state index contributed by atoms with van der Waals surface area (Å²) in [6.45, 7) is 13.9. The molecule has 1 aliphatic carbocycles. The first kappa shape index (κ1) is 43.7. The zero-order chi connectivity index (χ0) is 37.4. The van der Waals surface area contributed by atoms with Crippen molar-refractivity contribution < 1.29 is 49.0 Å². The smallest absolute Gasteiger partial charge is 0.172 e. The fourth-order valence-corrected chi connectivity index (χ4v) is 7.88. The van der Waals surface area contributed by atoms with Crippen LogP contribution in [-0.4, -0.2) is 3.21 Å². The largest absolute Gasteiger partial charge is 0.214 e. The minimum absolute atomic E-state index is 0. The van der Waals surface area contributed by atoms with Crippen LogP contribution >= 0.6 is 0 Å². The molecule has 0 N–H and O–H groups in total. The van der Waals surface area contributed by atoms with Gasteiger partial charge in [-0.05, 0) is 39.5 Å². The van der Waals surface area contributed by atoms with Gasteiger partial charge in [0.1, 0.15) is 0 Å². The first-order valence-corrected chi connectivity index (χ1v) is 19.9. The van der Waals surface area contributed by atoms with Crippen molar-refractivity contribution in [3.05, 3.63) is 209 Å². The van der Waals surface area contributed by atoms with Gasteiger partial charge in [0.05, 0.1) is 0 Å². The van der Waals surface area contributed by atoms with Crippen molar-refractivity contribution in [1.82, 2.24) is 0 Å². The third-order valence-corrected chi connectivity index (χ3v) is 10.9. The van der Waals surface area contributed by atoms with E-state index in [1.807, 2.05) is 30.3 Å². The number of rotatable bonds is 5. The Morgan fingerprint density at radius 3 is 1.56 bits per heavy atom. The third kappa shape index (κ3) is 11.3. The van der Waals surface area contributed by atoms with Crippen molar-refractivity contribution in [2.45, 2.75) is 65.2 Å². The van der Waals surface area contributed by atoms with Gasteiger partial charge in [-0.3, -0.25) is 0 Å². The average molecular weight is 837 g/mol. The third-order valence-electron chi connectivity index (χ3n) is 9.72. The molecule has 0 atom stereocenters. The molecule has 0 aliphatic heterocycles. The van der Waals surface area contributed by atoms with Gasteiger partial charge in [-0.25, -0.2) is 12.1 Å². The van der Waals surface area contributed by atoms with Crippen LogP contribution in [0.25, 0.3) is 33.4 Å². The van der Waals surface area contributed by atoms with E-state index in [9.17, 15) is 0 Å². The van der Waals surface area contributed by atoms with E-state index in [1.54, 1.807) is 0 Å². The molecule has 0 heterocycles. The zero-order valence-electron chi connectivity index (χ0n) is 32.8. The summed E-state index contributed by atoms with van der Waals surface area (Å²) >= 11 is 1.50. The van der Waals surface area contributed by atoms with Crippen LogP contribution in [0, 0.1) is 6.07 Å². The van der Waals surface area contributed by atoms with E-state index in [0.717, 1.165) is 12.8 Å². The van der Waals surface area contributed by atoms with Crippen molar-refractivity contribution in [2.75, 3.05) is 0 Å². The maximum atomic E-state index is 3.88. The molecule has 0 fully saturated rings. The van der Waals surface area contributed by atoms with Crippen LogP contribution in [0.5, 0.6) is 0 Å². The maximum absolute atomic E-state index is 3.88. The molecule has 1 aliphatic rings. The van der Waals surface area contributed by atoms with Gasteiger partial charge in [0.15, 0.2) is 0 Å². The SMILES string of the molecule is CC(C)(C)c1cc2c([c-]c1-c1ccccc1)Cc1cc(-c3ccccc3)c(C(C)(C)C)cc1-2.[Cl-].[Cl-].[Zr+2]=[C](Cc1ccccc1)c1ccccc1.c1cc[cH-]c1. The van der Waals surface area contributed by atoms with E-state index in [1.165, 1.54) is 94.2 Å². The summed E-state index contributed by atoms with van der Waals surface area (Å²) in [6, 6.07) is 64.1. The predicted molar refractivity (Wildman–Crippen MR) is 225 cm³/mol. The molecule has 0 amide bonds. The monoisotopic (exact) mass is 834 g/mol. The Hall–Kier alpha value is -4.00. The van der Waals surface area contributed by atoms with E-state index in [0.29, 0.717) is 0 Å². The van der Waals surface area contributed by atoms with Gasteiger partial charge >= 0.3 is 106 Å². The van der Waals surface area contributed by atoms with Gasteiger partial charge in [0.25, 0.3) is 0 Å². The number of hydrogen-bond acceptors (Lipinski definition) is 0. The van der Waals surface area contributed by atoms with Gasteiger partial charge in [0, 0.05) is 0 Å². The zero-order valence-corrected chi connectivity index (χ0v) is 36.8. The van der Waals surface area contributed by atoms with E-state index >= 15 is 0 Å². The summed E-state index contributed by atoms with van der Waals surface area (Å²) in [7, 11) is 0. The molecule has 0 radical (unpaired) electrons. The van der Waals surface area contributed by atoms with Crippen LogP contribution < -0.4 is 24.8 Å². The average Bonchev–Trinajstić information content (AvgIpc) is 3.87.